The molecule has 1 N–H and O–H groups in total. The fourth-order valence-electron chi connectivity index (χ4n) is 1.92. The van der Waals surface area contributed by atoms with Gasteiger partial charge < -0.3 is 9.84 Å². The Morgan fingerprint density at radius 1 is 1.29 bits per heavy atom. The van der Waals surface area contributed by atoms with Crippen LogP contribution in [0.5, 0.6) is 11.5 Å². The van der Waals surface area contributed by atoms with Crippen LogP contribution in [0.25, 0.3) is 0 Å². The average molecular weight is 287 g/mol. The van der Waals surface area contributed by atoms with E-state index in [4.69, 9.17) is 9.84 Å². The van der Waals surface area contributed by atoms with Gasteiger partial charge in [-0.3, -0.25) is 10.1 Å². The quantitative estimate of drug-likeness (QED) is 0.669. The number of hydrogen-bond acceptors (Lipinski definition) is 4. The highest BCUT2D eigenvalue weighted by Crippen LogP contribution is 2.34. The highest BCUT2D eigenvalue weighted by Gasteiger charge is 2.25. The highest BCUT2D eigenvalue weighted by molar-refractivity contribution is 5.93. The lowest BCUT2D eigenvalue weighted by Gasteiger charge is -2.08. The summed E-state index contributed by atoms with van der Waals surface area (Å²) in [5, 5.41) is 20.1. The van der Waals surface area contributed by atoms with Crippen LogP contribution in [-0.2, 0) is 6.42 Å². The van der Waals surface area contributed by atoms with Gasteiger partial charge in [0.25, 0.3) is 0 Å². The summed E-state index contributed by atoms with van der Waals surface area (Å²) in [6.07, 6.45) is 0.800. The number of ether oxygens (including phenoxy) is 1. The Hall–Kier alpha value is -2.89. The average Bonchev–Trinajstić information content (AvgIpc) is 2.46. The third-order valence-corrected chi connectivity index (χ3v) is 2.95. The SMILES string of the molecule is CCc1cccc(Oc2cccc(C(=O)O)c2[N+](=O)[O-])c1. The monoisotopic (exact) mass is 287 g/mol. The van der Waals surface area contributed by atoms with Crippen LogP contribution >= 0.6 is 0 Å². The maximum absolute atomic E-state index is 11.1. The Balaban J connectivity index is 2.46. The number of carbonyl (C=O) groups is 1. The normalized spacial score (nSPS) is 10.1. The smallest absolute Gasteiger partial charge is 0.342 e. The van der Waals surface area contributed by atoms with Crippen LogP contribution < -0.4 is 4.74 Å². The van der Waals surface area contributed by atoms with Gasteiger partial charge >= 0.3 is 11.7 Å². The van der Waals surface area contributed by atoms with Gasteiger partial charge in [-0.2, -0.15) is 0 Å². The second-order valence-corrected chi connectivity index (χ2v) is 4.32. The fraction of sp³-hybridized carbons (Fsp3) is 0.133. The van der Waals surface area contributed by atoms with E-state index in [1.54, 1.807) is 18.2 Å². The molecule has 0 aliphatic rings. The molecule has 0 saturated carbocycles. The molecule has 0 fully saturated rings. The topological polar surface area (TPSA) is 89.7 Å². The first-order chi connectivity index (χ1) is 10.0. The predicted molar refractivity (Wildman–Crippen MR) is 75.9 cm³/mol. The Kier molecular flexibility index (Phi) is 4.18. The zero-order valence-electron chi connectivity index (χ0n) is 11.3. The number of nitro groups is 1. The molecule has 0 aromatic heterocycles. The molecule has 0 spiro atoms. The molecule has 6 heteroatoms. The third-order valence-electron chi connectivity index (χ3n) is 2.95. The maximum Gasteiger partial charge on any atom is 0.342 e. The van der Waals surface area contributed by atoms with Crippen LogP contribution in [0.1, 0.15) is 22.8 Å². The minimum absolute atomic E-state index is 0.0897. The zero-order valence-corrected chi connectivity index (χ0v) is 11.3. The molecule has 0 amide bonds. The Morgan fingerprint density at radius 2 is 2.00 bits per heavy atom. The van der Waals surface area contributed by atoms with Gasteiger partial charge in [-0.1, -0.05) is 25.1 Å². The number of benzene rings is 2. The minimum atomic E-state index is -1.37. The standard InChI is InChI=1S/C15H13NO5/c1-2-10-5-3-6-11(9-10)21-13-8-4-7-12(15(17)18)14(13)16(19)20/h3-9H,2H2,1H3,(H,17,18). The van der Waals surface area contributed by atoms with Crippen molar-refractivity contribution >= 4 is 11.7 Å². The van der Waals surface area contributed by atoms with Crippen LogP contribution in [0, 0.1) is 10.1 Å². The van der Waals surface area contributed by atoms with Crippen molar-refractivity contribution in [1.82, 2.24) is 0 Å². The van der Waals surface area contributed by atoms with Crippen molar-refractivity contribution in [2.45, 2.75) is 13.3 Å². The van der Waals surface area contributed by atoms with Crippen molar-refractivity contribution in [3.05, 3.63) is 63.7 Å². The van der Waals surface area contributed by atoms with Crippen LogP contribution in [0.3, 0.4) is 0 Å². The number of hydrogen-bond donors (Lipinski definition) is 1. The van der Waals surface area contributed by atoms with E-state index >= 15 is 0 Å². The molecule has 2 aromatic rings. The van der Waals surface area contributed by atoms with E-state index in [1.165, 1.54) is 18.2 Å². The molecule has 6 nitrogen and oxygen atoms in total. The van der Waals surface area contributed by atoms with Gasteiger partial charge in [0.05, 0.1) is 4.92 Å². The maximum atomic E-state index is 11.1. The van der Waals surface area contributed by atoms with Crippen LogP contribution in [0.2, 0.25) is 0 Å². The van der Waals surface area contributed by atoms with Crippen molar-refractivity contribution < 1.29 is 19.6 Å². The molecule has 0 aliphatic carbocycles. The summed E-state index contributed by atoms with van der Waals surface area (Å²) in [6.45, 7) is 1.98. The number of aromatic carboxylic acids is 1. The molecule has 0 saturated heterocycles. The summed E-state index contributed by atoms with van der Waals surface area (Å²) in [4.78, 5) is 21.4. The van der Waals surface area contributed by atoms with E-state index in [-0.39, 0.29) is 5.75 Å². The fourth-order valence-corrected chi connectivity index (χ4v) is 1.92. The number of rotatable bonds is 5. The summed E-state index contributed by atoms with van der Waals surface area (Å²) in [5.74, 6) is -1.03. The van der Waals surface area contributed by atoms with E-state index in [1.807, 2.05) is 13.0 Å². The summed E-state index contributed by atoms with van der Waals surface area (Å²) >= 11 is 0. The molecule has 2 aromatic carbocycles. The number of nitro benzene ring substituents is 1. The second kappa shape index (κ2) is 6.04. The number of carboxylic acid groups (broad SMARTS) is 1. The molecule has 0 radical (unpaired) electrons. The van der Waals surface area contributed by atoms with Gasteiger partial charge in [-0.05, 0) is 36.2 Å². The molecule has 2 rings (SSSR count). The summed E-state index contributed by atoms with van der Waals surface area (Å²) in [7, 11) is 0. The number of nitrogens with zero attached hydrogens (tertiary/aromatic N) is 1. The molecular formula is C15H13NO5. The number of para-hydroxylation sites is 1. The third kappa shape index (κ3) is 3.17. The first kappa shape index (κ1) is 14.5. The van der Waals surface area contributed by atoms with Crippen LogP contribution in [0.15, 0.2) is 42.5 Å². The van der Waals surface area contributed by atoms with Gasteiger partial charge in [0, 0.05) is 0 Å². The zero-order chi connectivity index (χ0) is 15.4. The van der Waals surface area contributed by atoms with E-state index in [9.17, 15) is 14.9 Å². The number of aryl methyl sites for hydroxylation is 1. The molecular weight excluding hydrogens is 274 g/mol. The first-order valence-corrected chi connectivity index (χ1v) is 6.30. The Bertz CT molecular complexity index is 696. The van der Waals surface area contributed by atoms with Crippen molar-refractivity contribution in [2.24, 2.45) is 0 Å². The summed E-state index contributed by atoms with van der Waals surface area (Å²) in [6, 6.07) is 11.1. The van der Waals surface area contributed by atoms with E-state index in [2.05, 4.69) is 0 Å². The summed E-state index contributed by atoms with van der Waals surface area (Å²) < 4.78 is 5.50. The lowest BCUT2D eigenvalue weighted by molar-refractivity contribution is -0.386. The first-order valence-electron chi connectivity index (χ1n) is 6.30. The molecule has 0 atom stereocenters. The van der Waals surface area contributed by atoms with Gasteiger partial charge in [0.2, 0.25) is 5.75 Å². The van der Waals surface area contributed by atoms with Crippen molar-refractivity contribution in [2.75, 3.05) is 0 Å². The summed E-state index contributed by atoms with van der Waals surface area (Å²) in [5.41, 5.74) is 0.0700. The van der Waals surface area contributed by atoms with E-state index < -0.39 is 22.1 Å². The van der Waals surface area contributed by atoms with Gasteiger partial charge in [-0.15, -0.1) is 0 Å². The second-order valence-electron chi connectivity index (χ2n) is 4.32. The Labute approximate surface area is 120 Å². The molecule has 0 aliphatic heterocycles. The minimum Gasteiger partial charge on any atom is -0.477 e. The van der Waals surface area contributed by atoms with Gasteiger partial charge in [-0.25, -0.2) is 4.79 Å². The molecule has 21 heavy (non-hydrogen) atoms. The molecule has 0 bridgehead atoms. The van der Waals surface area contributed by atoms with E-state index in [0.29, 0.717) is 5.75 Å². The Morgan fingerprint density at radius 3 is 2.62 bits per heavy atom. The highest BCUT2D eigenvalue weighted by atomic mass is 16.6. The molecule has 0 heterocycles. The van der Waals surface area contributed by atoms with Gasteiger partial charge in [0.1, 0.15) is 11.3 Å². The molecule has 0 unspecified atom stereocenters. The van der Waals surface area contributed by atoms with Gasteiger partial charge in [0.15, 0.2) is 0 Å². The van der Waals surface area contributed by atoms with E-state index in [0.717, 1.165) is 12.0 Å². The van der Waals surface area contributed by atoms with Crippen molar-refractivity contribution in [3.63, 3.8) is 0 Å². The molecule has 108 valence electrons. The van der Waals surface area contributed by atoms with Crippen molar-refractivity contribution in [3.8, 4) is 11.5 Å². The van der Waals surface area contributed by atoms with Crippen LogP contribution in [-0.4, -0.2) is 16.0 Å². The van der Waals surface area contributed by atoms with Crippen molar-refractivity contribution in [1.29, 1.82) is 0 Å². The lowest BCUT2D eigenvalue weighted by Crippen LogP contribution is -2.04. The number of carboxylic acids is 1. The largest absolute Gasteiger partial charge is 0.477 e. The van der Waals surface area contributed by atoms with Crippen LogP contribution in [0.4, 0.5) is 5.69 Å². The lowest BCUT2D eigenvalue weighted by atomic mass is 10.1. The predicted octanol–water partition coefficient (Wildman–Crippen LogP) is 3.65.